The lowest BCUT2D eigenvalue weighted by atomic mass is 10.3. The molecule has 2 aromatic rings. The van der Waals surface area contributed by atoms with Gasteiger partial charge in [-0.1, -0.05) is 15.9 Å². The van der Waals surface area contributed by atoms with Crippen LogP contribution in [0.5, 0.6) is 11.6 Å². The second-order valence-electron chi connectivity index (χ2n) is 3.11. The molecular formula is C11H10BrN3O. The maximum atomic E-state index is 5.53. The number of nitrogens with zero attached hydrogens (tertiary/aromatic N) is 2. The van der Waals surface area contributed by atoms with Crippen LogP contribution in [0.2, 0.25) is 0 Å². The molecule has 4 nitrogen and oxygen atoms in total. The van der Waals surface area contributed by atoms with E-state index in [2.05, 4.69) is 25.9 Å². The van der Waals surface area contributed by atoms with Gasteiger partial charge in [-0.3, -0.25) is 4.98 Å². The number of hydrogen-bond donors (Lipinski definition) is 1. The minimum atomic E-state index is 0.352. The number of hydrogen-bond acceptors (Lipinski definition) is 4. The van der Waals surface area contributed by atoms with Crippen LogP contribution in [0.4, 0.5) is 0 Å². The first-order valence-electron chi connectivity index (χ1n) is 4.72. The zero-order valence-corrected chi connectivity index (χ0v) is 10.0. The Morgan fingerprint density at radius 2 is 1.94 bits per heavy atom. The van der Waals surface area contributed by atoms with E-state index in [1.807, 2.05) is 24.3 Å². The van der Waals surface area contributed by atoms with Gasteiger partial charge in [0.2, 0.25) is 5.88 Å². The lowest BCUT2D eigenvalue weighted by molar-refractivity contribution is 0.457. The standard InChI is InChI=1S/C11H10BrN3O/c12-8-1-3-10(4-2-8)16-11-7-14-6-9(5-13)15-11/h1-4,6-7H,5,13H2. The lowest BCUT2D eigenvalue weighted by Crippen LogP contribution is -2.01. The summed E-state index contributed by atoms with van der Waals surface area (Å²) < 4.78 is 6.53. The molecule has 0 radical (unpaired) electrons. The van der Waals surface area contributed by atoms with Crippen LogP contribution in [-0.2, 0) is 6.54 Å². The molecule has 0 bridgehead atoms. The van der Waals surface area contributed by atoms with Crippen molar-refractivity contribution in [1.82, 2.24) is 9.97 Å². The van der Waals surface area contributed by atoms with E-state index in [1.54, 1.807) is 12.4 Å². The Balaban J connectivity index is 2.16. The van der Waals surface area contributed by atoms with Crippen molar-refractivity contribution in [3.8, 4) is 11.6 Å². The van der Waals surface area contributed by atoms with Crippen LogP contribution < -0.4 is 10.5 Å². The Morgan fingerprint density at radius 1 is 1.19 bits per heavy atom. The molecule has 5 heteroatoms. The van der Waals surface area contributed by atoms with Crippen LogP contribution in [0, 0.1) is 0 Å². The molecule has 16 heavy (non-hydrogen) atoms. The fourth-order valence-corrected chi connectivity index (χ4v) is 1.42. The molecule has 2 rings (SSSR count). The molecule has 0 aliphatic heterocycles. The summed E-state index contributed by atoms with van der Waals surface area (Å²) in [5, 5.41) is 0. The first-order valence-corrected chi connectivity index (χ1v) is 5.51. The predicted octanol–water partition coefficient (Wildman–Crippen LogP) is 2.49. The number of ether oxygens (including phenoxy) is 1. The van der Waals surface area contributed by atoms with E-state index in [9.17, 15) is 0 Å². The fourth-order valence-electron chi connectivity index (χ4n) is 1.16. The Hall–Kier alpha value is -1.46. The first kappa shape index (κ1) is 11.0. The van der Waals surface area contributed by atoms with Crippen LogP contribution >= 0.6 is 15.9 Å². The van der Waals surface area contributed by atoms with Gasteiger partial charge in [0, 0.05) is 17.2 Å². The van der Waals surface area contributed by atoms with Gasteiger partial charge < -0.3 is 10.5 Å². The molecule has 1 aromatic carbocycles. The molecule has 0 fully saturated rings. The van der Waals surface area contributed by atoms with Gasteiger partial charge in [0.25, 0.3) is 0 Å². The summed E-state index contributed by atoms with van der Waals surface area (Å²) in [6.07, 6.45) is 3.18. The predicted molar refractivity (Wildman–Crippen MR) is 64.1 cm³/mol. The van der Waals surface area contributed by atoms with Crippen LogP contribution in [0.3, 0.4) is 0 Å². The molecule has 0 aliphatic carbocycles. The van der Waals surface area contributed by atoms with Crippen molar-refractivity contribution >= 4 is 15.9 Å². The maximum absolute atomic E-state index is 5.53. The third-order valence-electron chi connectivity index (χ3n) is 1.91. The Kier molecular flexibility index (Phi) is 3.48. The van der Waals surface area contributed by atoms with Crippen molar-refractivity contribution < 1.29 is 4.74 Å². The van der Waals surface area contributed by atoms with Crippen LogP contribution in [-0.4, -0.2) is 9.97 Å². The molecule has 0 atom stereocenters. The largest absolute Gasteiger partial charge is 0.437 e. The van der Waals surface area contributed by atoms with Crippen molar-refractivity contribution in [2.24, 2.45) is 5.73 Å². The van der Waals surface area contributed by atoms with Crippen molar-refractivity contribution in [1.29, 1.82) is 0 Å². The van der Waals surface area contributed by atoms with E-state index in [0.717, 1.165) is 4.47 Å². The minimum Gasteiger partial charge on any atom is -0.437 e. The Labute approximate surface area is 102 Å². The lowest BCUT2D eigenvalue weighted by Gasteiger charge is -2.05. The van der Waals surface area contributed by atoms with Gasteiger partial charge in [0.05, 0.1) is 11.9 Å². The average molecular weight is 280 g/mol. The molecule has 2 N–H and O–H groups in total. The quantitative estimate of drug-likeness (QED) is 0.938. The fraction of sp³-hybridized carbons (Fsp3) is 0.0909. The van der Waals surface area contributed by atoms with Crippen molar-refractivity contribution in [3.05, 3.63) is 46.8 Å². The summed E-state index contributed by atoms with van der Waals surface area (Å²) in [5.41, 5.74) is 6.17. The average Bonchev–Trinajstić information content (AvgIpc) is 2.32. The van der Waals surface area contributed by atoms with Crippen LogP contribution in [0.25, 0.3) is 0 Å². The minimum absolute atomic E-state index is 0.352. The zero-order chi connectivity index (χ0) is 11.4. The Morgan fingerprint density at radius 3 is 2.62 bits per heavy atom. The number of nitrogens with two attached hydrogens (primary N) is 1. The van der Waals surface area contributed by atoms with E-state index in [1.165, 1.54) is 0 Å². The summed E-state index contributed by atoms with van der Waals surface area (Å²) >= 11 is 3.35. The molecule has 1 heterocycles. The monoisotopic (exact) mass is 279 g/mol. The smallest absolute Gasteiger partial charge is 0.238 e. The normalized spacial score (nSPS) is 10.1. The van der Waals surface area contributed by atoms with E-state index in [-0.39, 0.29) is 0 Å². The van der Waals surface area contributed by atoms with Crippen molar-refractivity contribution in [3.63, 3.8) is 0 Å². The third-order valence-corrected chi connectivity index (χ3v) is 2.44. The van der Waals surface area contributed by atoms with Gasteiger partial charge in [0.1, 0.15) is 5.75 Å². The first-order chi connectivity index (χ1) is 7.78. The van der Waals surface area contributed by atoms with Gasteiger partial charge >= 0.3 is 0 Å². The summed E-state index contributed by atoms with van der Waals surface area (Å²) in [6.45, 7) is 0.352. The van der Waals surface area contributed by atoms with Crippen molar-refractivity contribution in [2.45, 2.75) is 6.54 Å². The zero-order valence-electron chi connectivity index (χ0n) is 8.43. The van der Waals surface area contributed by atoms with Crippen LogP contribution in [0.15, 0.2) is 41.1 Å². The van der Waals surface area contributed by atoms with Gasteiger partial charge in [-0.25, -0.2) is 4.98 Å². The van der Waals surface area contributed by atoms with E-state index in [4.69, 9.17) is 10.5 Å². The number of rotatable bonds is 3. The van der Waals surface area contributed by atoms with E-state index < -0.39 is 0 Å². The van der Waals surface area contributed by atoms with Crippen LogP contribution in [0.1, 0.15) is 5.69 Å². The highest BCUT2D eigenvalue weighted by Crippen LogP contribution is 2.21. The Bertz CT molecular complexity index is 473. The van der Waals surface area contributed by atoms with E-state index >= 15 is 0 Å². The molecule has 0 unspecified atom stereocenters. The topological polar surface area (TPSA) is 61.0 Å². The highest BCUT2D eigenvalue weighted by atomic mass is 79.9. The summed E-state index contributed by atoms with van der Waals surface area (Å²) in [5.74, 6) is 1.16. The molecule has 0 spiro atoms. The number of aromatic nitrogens is 2. The van der Waals surface area contributed by atoms with Gasteiger partial charge in [-0.05, 0) is 24.3 Å². The molecule has 0 saturated heterocycles. The van der Waals surface area contributed by atoms with Crippen molar-refractivity contribution in [2.75, 3.05) is 0 Å². The van der Waals surface area contributed by atoms with E-state index in [0.29, 0.717) is 23.9 Å². The maximum Gasteiger partial charge on any atom is 0.238 e. The molecule has 0 saturated carbocycles. The molecule has 0 aliphatic rings. The second kappa shape index (κ2) is 5.05. The summed E-state index contributed by atoms with van der Waals surface area (Å²) in [6, 6.07) is 7.49. The molecule has 0 amide bonds. The number of benzene rings is 1. The highest BCUT2D eigenvalue weighted by molar-refractivity contribution is 9.10. The SMILES string of the molecule is NCc1cncc(Oc2ccc(Br)cc2)n1. The molecule has 82 valence electrons. The van der Waals surface area contributed by atoms with Gasteiger partial charge in [-0.2, -0.15) is 0 Å². The molecular weight excluding hydrogens is 270 g/mol. The summed E-state index contributed by atoms with van der Waals surface area (Å²) in [7, 11) is 0. The second-order valence-corrected chi connectivity index (χ2v) is 4.02. The molecule has 1 aromatic heterocycles. The van der Waals surface area contributed by atoms with Gasteiger partial charge in [0.15, 0.2) is 0 Å². The summed E-state index contributed by atoms with van der Waals surface area (Å²) in [4.78, 5) is 8.18. The highest BCUT2D eigenvalue weighted by Gasteiger charge is 2.00. The third kappa shape index (κ3) is 2.77. The van der Waals surface area contributed by atoms with Gasteiger partial charge in [-0.15, -0.1) is 0 Å². The number of halogens is 1.